The Morgan fingerprint density at radius 2 is 1.88 bits per heavy atom. The van der Waals surface area contributed by atoms with E-state index in [2.05, 4.69) is 4.98 Å². The number of alkyl halides is 3. The topological polar surface area (TPSA) is 77.0 Å². The maximum atomic E-state index is 13.7. The lowest BCUT2D eigenvalue weighted by atomic mass is 10.1. The first-order valence-electron chi connectivity index (χ1n) is 9.51. The van der Waals surface area contributed by atoms with Crippen molar-refractivity contribution in [1.29, 1.82) is 0 Å². The molecule has 32 heavy (non-hydrogen) atoms. The molecular weight excluding hydrogens is 427 g/mol. The number of cyclic esters (lactones) is 1. The van der Waals surface area contributed by atoms with E-state index in [0.29, 0.717) is 11.1 Å². The van der Waals surface area contributed by atoms with Crippen LogP contribution in [0.4, 0.5) is 18.0 Å². The molecule has 0 spiro atoms. The first-order valence-corrected chi connectivity index (χ1v) is 9.51. The minimum atomic E-state index is -4.71. The summed E-state index contributed by atoms with van der Waals surface area (Å²) in [6.07, 6.45) is -1.02. The average Bonchev–Trinajstić information content (AvgIpc) is 3.51. The van der Waals surface area contributed by atoms with Crippen molar-refractivity contribution < 1.29 is 31.9 Å². The number of imidazole rings is 1. The van der Waals surface area contributed by atoms with Gasteiger partial charge in [-0.2, -0.15) is 13.2 Å². The van der Waals surface area contributed by atoms with Gasteiger partial charge in [-0.1, -0.05) is 30.3 Å². The van der Waals surface area contributed by atoms with Crippen molar-refractivity contribution in [2.24, 2.45) is 0 Å². The number of carbonyl (C=O) groups excluding carboxylic acids is 2. The standard InChI is InChI=1S/C22H14F3N3O4/c23-22(24,25)16-8-15(14-6-7-31-12-14)9-27-10-17(26-19(16)27)20(29)28-11-18(32-21(28)30)13-4-2-1-3-5-13/h1-10,12,18H,11H2. The Morgan fingerprint density at radius 3 is 2.56 bits per heavy atom. The Bertz CT molecular complexity index is 1310. The van der Waals surface area contributed by atoms with Gasteiger partial charge in [-0.25, -0.2) is 14.7 Å². The first-order chi connectivity index (χ1) is 15.3. The molecule has 0 bridgehead atoms. The van der Waals surface area contributed by atoms with E-state index in [4.69, 9.17) is 9.15 Å². The molecule has 10 heteroatoms. The van der Waals surface area contributed by atoms with Crippen molar-refractivity contribution in [2.75, 3.05) is 6.54 Å². The third-order valence-corrected chi connectivity index (χ3v) is 5.16. The SMILES string of the molecule is O=C1OC(c2ccccc2)CN1C(=O)c1cn2cc(-c3ccoc3)cc(C(F)(F)F)c2n1. The Morgan fingerprint density at radius 1 is 1.09 bits per heavy atom. The smallest absolute Gasteiger partial charge is 0.420 e. The van der Waals surface area contributed by atoms with E-state index in [-0.39, 0.29) is 17.8 Å². The summed E-state index contributed by atoms with van der Waals surface area (Å²) in [5.74, 6) is -0.838. The third-order valence-electron chi connectivity index (χ3n) is 5.16. The fourth-order valence-electron chi connectivity index (χ4n) is 3.60. The number of furan rings is 1. The first kappa shape index (κ1) is 19.9. The zero-order valence-electron chi connectivity index (χ0n) is 16.2. The highest BCUT2D eigenvalue weighted by atomic mass is 19.4. The molecule has 4 aromatic rings. The van der Waals surface area contributed by atoms with Crippen LogP contribution in [-0.4, -0.2) is 32.8 Å². The zero-order chi connectivity index (χ0) is 22.5. The molecule has 1 fully saturated rings. The lowest BCUT2D eigenvalue weighted by Gasteiger charge is -2.10. The molecule has 0 aliphatic carbocycles. The Labute approximate surface area is 178 Å². The average molecular weight is 441 g/mol. The predicted molar refractivity (Wildman–Crippen MR) is 105 cm³/mol. The molecule has 5 rings (SSSR count). The van der Waals surface area contributed by atoms with Crippen molar-refractivity contribution in [3.05, 3.63) is 84.2 Å². The number of benzene rings is 1. The van der Waals surface area contributed by atoms with Gasteiger partial charge in [0.1, 0.15) is 17.4 Å². The fourth-order valence-corrected chi connectivity index (χ4v) is 3.60. The fraction of sp³-hybridized carbons (Fsp3) is 0.136. The van der Waals surface area contributed by atoms with Crippen molar-refractivity contribution in [3.8, 4) is 11.1 Å². The van der Waals surface area contributed by atoms with Crippen LogP contribution < -0.4 is 0 Å². The van der Waals surface area contributed by atoms with E-state index < -0.39 is 35.5 Å². The summed E-state index contributed by atoms with van der Waals surface area (Å²) in [5.41, 5.74) is -0.380. The Hall–Kier alpha value is -4.08. The van der Waals surface area contributed by atoms with Gasteiger partial charge in [0.15, 0.2) is 0 Å². The summed E-state index contributed by atoms with van der Waals surface area (Å²) in [5, 5.41) is 0. The lowest BCUT2D eigenvalue weighted by molar-refractivity contribution is -0.136. The minimum Gasteiger partial charge on any atom is -0.472 e. The largest absolute Gasteiger partial charge is 0.472 e. The molecule has 0 saturated carbocycles. The van der Waals surface area contributed by atoms with E-state index in [1.807, 2.05) is 0 Å². The number of ether oxygens (including phenoxy) is 1. The molecule has 1 unspecified atom stereocenters. The molecule has 1 saturated heterocycles. The van der Waals surface area contributed by atoms with Gasteiger partial charge < -0.3 is 13.6 Å². The third kappa shape index (κ3) is 3.39. The van der Waals surface area contributed by atoms with Crippen LogP contribution in [-0.2, 0) is 10.9 Å². The van der Waals surface area contributed by atoms with Crippen molar-refractivity contribution in [3.63, 3.8) is 0 Å². The molecule has 162 valence electrons. The van der Waals surface area contributed by atoms with Crippen molar-refractivity contribution in [1.82, 2.24) is 14.3 Å². The molecule has 1 aliphatic rings. The molecule has 0 radical (unpaired) electrons. The van der Waals surface area contributed by atoms with Crippen LogP contribution >= 0.6 is 0 Å². The summed E-state index contributed by atoms with van der Waals surface area (Å²) in [7, 11) is 0. The lowest BCUT2D eigenvalue weighted by Crippen LogP contribution is -2.32. The van der Waals surface area contributed by atoms with Gasteiger partial charge in [-0.15, -0.1) is 0 Å². The van der Waals surface area contributed by atoms with Crippen LogP contribution in [0.15, 0.2) is 71.8 Å². The van der Waals surface area contributed by atoms with Crippen LogP contribution in [0.5, 0.6) is 0 Å². The summed E-state index contributed by atoms with van der Waals surface area (Å²) >= 11 is 0. The van der Waals surface area contributed by atoms with Gasteiger partial charge in [0, 0.05) is 23.5 Å². The number of halogens is 3. The molecule has 1 aromatic carbocycles. The summed E-state index contributed by atoms with van der Waals surface area (Å²) in [6.45, 7) is -0.0675. The van der Waals surface area contributed by atoms with Crippen LogP contribution in [0, 0.1) is 0 Å². The van der Waals surface area contributed by atoms with E-state index in [1.54, 1.807) is 30.3 Å². The Kier molecular flexibility index (Phi) is 4.50. The number of amides is 2. The monoisotopic (exact) mass is 441 g/mol. The van der Waals surface area contributed by atoms with Crippen molar-refractivity contribution >= 4 is 17.6 Å². The number of rotatable bonds is 3. The number of carbonyl (C=O) groups is 2. The quantitative estimate of drug-likeness (QED) is 0.450. The number of imide groups is 1. The number of pyridine rings is 1. The normalized spacial score (nSPS) is 16.5. The second-order valence-corrected chi connectivity index (χ2v) is 7.21. The summed E-state index contributed by atoms with van der Waals surface area (Å²) < 4.78 is 52.5. The van der Waals surface area contributed by atoms with E-state index in [0.717, 1.165) is 15.4 Å². The van der Waals surface area contributed by atoms with Crippen LogP contribution in [0.2, 0.25) is 0 Å². The molecule has 1 atom stereocenters. The highest BCUT2D eigenvalue weighted by Crippen LogP contribution is 2.36. The van der Waals surface area contributed by atoms with E-state index >= 15 is 0 Å². The molecule has 1 aliphatic heterocycles. The van der Waals surface area contributed by atoms with Gasteiger partial charge in [-0.05, 0) is 17.7 Å². The van der Waals surface area contributed by atoms with Gasteiger partial charge >= 0.3 is 12.3 Å². The maximum Gasteiger partial charge on any atom is 0.420 e. The predicted octanol–water partition coefficient (Wildman–Crippen LogP) is 4.95. The molecule has 0 N–H and O–H groups in total. The van der Waals surface area contributed by atoms with Gasteiger partial charge in [0.2, 0.25) is 0 Å². The summed E-state index contributed by atoms with van der Waals surface area (Å²) in [4.78, 5) is 29.9. The molecule has 4 heterocycles. The van der Waals surface area contributed by atoms with Gasteiger partial charge in [0.05, 0.1) is 24.6 Å². The summed E-state index contributed by atoms with van der Waals surface area (Å²) in [6, 6.07) is 11.3. The van der Waals surface area contributed by atoms with Crippen LogP contribution in [0.3, 0.4) is 0 Å². The highest BCUT2D eigenvalue weighted by molar-refractivity contribution is 6.02. The van der Waals surface area contributed by atoms with Crippen LogP contribution in [0.25, 0.3) is 16.8 Å². The van der Waals surface area contributed by atoms with E-state index in [9.17, 15) is 22.8 Å². The molecule has 3 aromatic heterocycles. The number of nitrogens with zero attached hydrogens (tertiary/aromatic N) is 3. The maximum absolute atomic E-state index is 13.7. The Balaban J connectivity index is 1.52. The molecule has 2 amide bonds. The number of aromatic nitrogens is 2. The van der Waals surface area contributed by atoms with Crippen molar-refractivity contribution in [2.45, 2.75) is 12.3 Å². The zero-order valence-corrected chi connectivity index (χ0v) is 16.2. The second kappa shape index (κ2) is 7.26. The van der Waals surface area contributed by atoms with Gasteiger partial charge in [0.25, 0.3) is 5.91 Å². The minimum absolute atomic E-state index is 0.0675. The van der Waals surface area contributed by atoms with E-state index in [1.165, 1.54) is 31.0 Å². The number of hydrogen-bond acceptors (Lipinski definition) is 5. The van der Waals surface area contributed by atoms with Gasteiger partial charge in [-0.3, -0.25) is 4.79 Å². The number of hydrogen-bond donors (Lipinski definition) is 0. The second-order valence-electron chi connectivity index (χ2n) is 7.21. The highest BCUT2D eigenvalue weighted by Gasteiger charge is 2.39. The molecular formula is C22H14F3N3O4. The molecule has 7 nitrogen and oxygen atoms in total. The van der Waals surface area contributed by atoms with Crippen LogP contribution in [0.1, 0.15) is 27.7 Å². The number of fused-ring (bicyclic) bond motifs is 1.